The fraction of sp³-hybridized carbons (Fsp3) is 0. The second kappa shape index (κ2) is 1.99. The van der Waals surface area contributed by atoms with Gasteiger partial charge in [-0.1, -0.05) is 10.5 Å². The molecule has 3 heteroatoms. The first kappa shape index (κ1) is 6.22. The van der Waals surface area contributed by atoms with Crippen molar-refractivity contribution in [1.82, 2.24) is 4.79 Å². The molecular weight excluding hydrogens is 143 g/mol. The summed E-state index contributed by atoms with van der Waals surface area (Å²) >= 11 is 0. The van der Waals surface area contributed by atoms with Gasteiger partial charge in [-0.2, -0.15) is 4.79 Å². The molecular formula is C8H7FN2. The zero-order valence-electron chi connectivity index (χ0n) is 5.79. The number of hydrogen-bond donors (Lipinski definition) is 1. The van der Waals surface area contributed by atoms with E-state index in [4.69, 9.17) is 5.73 Å². The smallest absolute Gasteiger partial charge is 0.0833 e. The number of fused-ring (bicyclic) bond motifs is 1. The molecule has 1 heterocycles. The molecule has 0 amide bonds. The fourth-order valence-corrected chi connectivity index (χ4v) is 1.11. The zero-order chi connectivity index (χ0) is 7.84. The van der Waals surface area contributed by atoms with Gasteiger partial charge < -0.3 is 5.73 Å². The van der Waals surface area contributed by atoms with Crippen molar-refractivity contribution in [3.8, 4) is 0 Å². The Balaban J connectivity index is 2.87. The van der Waals surface area contributed by atoms with Gasteiger partial charge in [0.2, 0.25) is 0 Å². The van der Waals surface area contributed by atoms with Gasteiger partial charge in [0.25, 0.3) is 0 Å². The Bertz CT molecular complexity index is 392. The minimum Gasteiger partial charge on any atom is -0.399 e. The highest BCUT2D eigenvalue weighted by atomic mass is 19.2. The lowest BCUT2D eigenvalue weighted by Gasteiger charge is -1.93. The van der Waals surface area contributed by atoms with Crippen LogP contribution in [-0.2, 0) is 0 Å². The first-order valence-corrected chi connectivity index (χ1v) is 3.30. The van der Waals surface area contributed by atoms with E-state index in [-0.39, 0.29) is 0 Å². The van der Waals surface area contributed by atoms with Crippen LogP contribution in [-0.4, -0.2) is 4.79 Å². The molecule has 2 aromatic rings. The van der Waals surface area contributed by atoms with Gasteiger partial charge in [-0.25, -0.2) is 0 Å². The summed E-state index contributed by atoms with van der Waals surface area (Å²) in [5.41, 5.74) is 6.57. The lowest BCUT2D eigenvalue weighted by atomic mass is 10.2. The molecule has 0 saturated heterocycles. The number of aromatic nitrogens is 1. The quantitative estimate of drug-likeness (QED) is 0.572. The molecule has 11 heavy (non-hydrogen) atoms. The normalized spacial score (nSPS) is 10.6. The first-order valence-electron chi connectivity index (χ1n) is 3.30. The van der Waals surface area contributed by atoms with Crippen LogP contribution in [0.3, 0.4) is 0 Å². The summed E-state index contributed by atoms with van der Waals surface area (Å²) in [5.74, 6) is 0. The highest BCUT2D eigenvalue weighted by Gasteiger charge is 1.98. The summed E-state index contributed by atoms with van der Waals surface area (Å²) in [6.45, 7) is 0. The zero-order valence-corrected chi connectivity index (χ0v) is 5.79. The van der Waals surface area contributed by atoms with Crippen molar-refractivity contribution >= 4 is 16.6 Å². The summed E-state index contributed by atoms with van der Waals surface area (Å²) in [6, 6.07) is 6.85. The Kier molecular flexibility index (Phi) is 1.12. The maximum atomic E-state index is 12.8. The Morgan fingerprint density at radius 2 is 2.09 bits per heavy atom. The first-order chi connectivity index (χ1) is 5.27. The predicted molar refractivity (Wildman–Crippen MR) is 42.9 cm³/mol. The fourth-order valence-electron chi connectivity index (χ4n) is 1.11. The van der Waals surface area contributed by atoms with Crippen LogP contribution in [0, 0.1) is 0 Å². The minimum atomic E-state index is 0.519. The number of hydrogen-bond acceptors (Lipinski definition) is 1. The molecule has 0 aliphatic carbocycles. The van der Waals surface area contributed by atoms with Gasteiger partial charge in [0, 0.05) is 17.3 Å². The lowest BCUT2D eigenvalue weighted by molar-refractivity contribution is 0.388. The number of halogens is 1. The van der Waals surface area contributed by atoms with Crippen LogP contribution in [0.5, 0.6) is 0 Å². The number of anilines is 1. The second-order valence-corrected chi connectivity index (χ2v) is 2.45. The Morgan fingerprint density at radius 1 is 1.27 bits per heavy atom. The molecule has 0 radical (unpaired) electrons. The van der Waals surface area contributed by atoms with Gasteiger partial charge >= 0.3 is 0 Å². The van der Waals surface area contributed by atoms with E-state index in [1.807, 2.05) is 0 Å². The van der Waals surface area contributed by atoms with E-state index in [1.54, 1.807) is 24.3 Å². The van der Waals surface area contributed by atoms with Crippen molar-refractivity contribution in [2.45, 2.75) is 0 Å². The molecule has 2 N–H and O–H groups in total. The molecule has 56 valence electrons. The minimum absolute atomic E-state index is 0.519. The predicted octanol–water partition coefficient (Wildman–Crippen LogP) is 1.96. The molecule has 2 nitrogen and oxygen atoms in total. The molecule has 0 aliphatic rings. The Morgan fingerprint density at radius 3 is 2.91 bits per heavy atom. The molecule has 0 unspecified atom stereocenters. The van der Waals surface area contributed by atoms with Gasteiger partial charge in [0.05, 0.1) is 5.52 Å². The van der Waals surface area contributed by atoms with Crippen molar-refractivity contribution in [2.24, 2.45) is 0 Å². The number of nitrogens with two attached hydrogens (primary N) is 1. The maximum Gasteiger partial charge on any atom is 0.0833 e. The van der Waals surface area contributed by atoms with E-state index in [0.717, 1.165) is 5.39 Å². The topological polar surface area (TPSA) is 30.9 Å². The van der Waals surface area contributed by atoms with E-state index < -0.39 is 0 Å². The van der Waals surface area contributed by atoms with Crippen LogP contribution < -0.4 is 5.73 Å². The van der Waals surface area contributed by atoms with Gasteiger partial charge in [-0.05, 0) is 18.2 Å². The van der Waals surface area contributed by atoms with Crippen molar-refractivity contribution in [2.75, 3.05) is 5.73 Å². The molecule has 0 aliphatic heterocycles. The average Bonchev–Trinajstić information content (AvgIpc) is 2.33. The summed E-state index contributed by atoms with van der Waals surface area (Å²) in [4.78, 5) is 0.561. The van der Waals surface area contributed by atoms with Gasteiger partial charge in [0.1, 0.15) is 0 Å². The molecule has 2 rings (SSSR count). The van der Waals surface area contributed by atoms with Crippen molar-refractivity contribution in [1.29, 1.82) is 0 Å². The van der Waals surface area contributed by atoms with Crippen LogP contribution in [0.2, 0.25) is 0 Å². The summed E-state index contributed by atoms with van der Waals surface area (Å²) in [5, 5.41) is 0.863. The van der Waals surface area contributed by atoms with E-state index in [9.17, 15) is 4.48 Å². The number of nitrogen functional groups attached to an aromatic ring is 1. The molecule has 0 saturated carbocycles. The maximum absolute atomic E-state index is 12.8. The van der Waals surface area contributed by atoms with Gasteiger partial charge in [-0.3, -0.25) is 0 Å². The van der Waals surface area contributed by atoms with Crippen molar-refractivity contribution in [3.05, 3.63) is 30.5 Å². The molecule has 0 fully saturated rings. The highest BCUT2D eigenvalue weighted by molar-refractivity contribution is 5.82. The monoisotopic (exact) mass is 150 g/mol. The summed E-state index contributed by atoms with van der Waals surface area (Å²) < 4.78 is 12.8. The molecule has 1 aromatic heterocycles. The lowest BCUT2D eigenvalue weighted by Crippen LogP contribution is -1.84. The highest BCUT2D eigenvalue weighted by Crippen LogP contribution is 2.18. The number of nitrogens with zero attached hydrogens (tertiary/aromatic N) is 1. The van der Waals surface area contributed by atoms with Crippen LogP contribution in [0.1, 0.15) is 0 Å². The van der Waals surface area contributed by atoms with Crippen LogP contribution in [0.4, 0.5) is 10.2 Å². The second-order valence-electron chi connectivity index (χ2n) is 2.45. The third kappa shape index (κ3) is 0.852. The van der Waals surface area contributed by atoms with Gasteiger partial charge in [-0.15, -0.1) is 0 Å². The van der Waals surface area contributed by atoms with Crippen LogP contribution in [0.25, 0.3) is 10.9 Å². The average molecular weight is 150 g/mol. The molecule has 1 aromatic carbocycles. The molecule has 0 spiro atoms. The van der Waals surface area contributed by atoms with E-state index in [0.29, 0.717) is 16.0 Å². The van der Waals surface area contributed by atoms with Crippen LogP contribution in [0.15, 0.2) is 30.5 Å². The Labute approximate surface area is 63.0 Å². The van der Waals surface area contributed by atoms with Crippen LogP contribution >= 0.6 is 0 Å². The molecule has 0 bridgehead atoms. The summed E-state index contributed by atoms with van der Waals surface area (Å²) in [6.07, 6.45) is 1.37. The van der Waals surface area contributed by atoms with Crippen molar-refractivity contribution < 1.29 is 4.48 Å². The SMILES string of the molecule is Nc1ccc2ccn(F)c2c1. The van der Waals surface area contributed by atoms with E-state index in [1.165, 1.54) is 6.20 Å². The summed E-state index contributed by atoms with van der Waals surface area (Å²) in [7, 11) is 0. The third-order valence-corrected chi connectivity index (χ3v) is 1.67. The Hall–Kier alpha value is -1.51. The standard InChI is InChI=1S/C8H7FN2/c9-11-4-3-6-1-2-7(10)5-8(6)11/h1-5H,10H2. The third-order valence-electron chi connectivity index (χ3n) is 1.67. The van der Waals surface area contributed by atoms with Gasteiger partial charge in [0.15, 0.2) is 0 Å². The molecule has 0 atom stereocenters. The van der Waals surface area contributed by atoms with Crippen molar-refractivity contribution in [3.63, 3.8) is 0 Å². The number of rotatable bonds is 0. The van der Waals surface area contributed by atoms with E-state index >= 15 is 0 Å². The van der Waals surface area contributed by atoms with E-state index in [2.05, 4.69) is 0 Å². The number of benzene rings is 1. The largest absolute Gasteiger partial charge is 0.399 e.